The van der Waals surface area contributed by atoms with E-state index < -0.39 is 10.0 Å². The van der Waals surface area contributed by atoms with Crippen molar-refractivity contribution in [3.8, 4) is 5.75 Å². The Hall–Kier alpha value is -1.27. The lowest BCUT2D eigenvalue weighted by molar-refractivity contribution is 0.339. The van der Waals surface area contributed by atoms with Gasteiger partial charge in [0.25, 0.3) is 0 Å². The van der Waals surface area contributed by atoms with E-state index in [-0.39, 0.29) is 17.8 Å². The maximum Gasteiger partial charge on any atom is 0.214 e. The number of ether oxygens (including phenoxy) is 1. The third kappa shape index (κ3) is 3.89. The van der Waals surface area contributed by atoms with E-state index in [1.807, 2.05) is 0 Å². The second-order valence-electron chi connectivity index (χ2n) is 6.19. The smallest absolute Gasteiger partial charge is 0.214 e. The van der Waals surface area contributed by atoms with E-state index in [4.69, 9.17) is 10.5 Å². The number of rotatable bonds is 8. The van der Waals surface area contributed by atoms with E-state index in [0.29, 0.717) is 18.0 Å². The summed E-state index contributed by atoms with van der Waals surface area (Å²) in [4.78, 5) is 0. The molecule has 0 spiro atoms. The molecule has 3 N–H and O–H groups in total. The molecule has 0 atom stereocenters. The molecule has 1 aromatic rings. The van der Waals surface area contributed by atoms with E-state index in [0.717, 1.165) is 5.92 Å². The van der Waals surface area contributed by atoms with Crippen LogP contribution in [0.1, 0.15) is 25.7 Å². The minimum absolute atomic E-state index is 0.0158. The molecule has 21 heavy (non-hydrogen) atoms. The maximum atomic E-state index is 12.0. The molecule has 2 aliphatic rings. The van der Waals surface area contributed by atoms with Crippen molar-refractivity contribution >= 4 is 15.7 Å². The second-order valence-corrected chi connectivity index (χ2v) is 8.12. The predicted molar refractivity (Wildman–Crippen MR) is 82.5 cm³/mol. The van der Waals surface area contributed by atoms with Crippen LogP contribution in [0.15, 0.2) is 24.3 Å². The molecule has 0 unspecified atom stereocenters. The molecule has 2 aliphatic carbocycles. The first kappa shape index (κ1) is 14.7. The standard InChI is InChI=1S/C15H22N2O3S/c16-13-3-5-14(6-4-13)20-9-10-21(18,19)17-11-15(7-8-15)12-1-2-12/h3-6,12,17H,1-2,7-11,16H2. The van der Waals surface area contributed by atoms with Crippen molar-refractivity contribution in [3.05, 3.63) is 24.3 Å². The summed E-state index contributed by atoms with van der Waals surface area (Å²) >= 11 is 0. The predicted octanol–water partition coefficient (Wildman–Crippen LogP) is 1.76. The Morgan fingerprint density at radius 1 is 1.24 bits per heavy atom. The van der Waals surface area contributed by atoms with Crippen LogP contribution in [0, 0.1) is 11.3 Å². The van der Waals surface area contributed by atoms with Gasteiger partial charge in [0.2, 0.25) is 10.0 Å². The van der Waals surface area contributed by atoms with Gasteiger partial charge in [-0.2, -0.15) is 0 Å². The maximum absolute atomic E-state index is 12.0. The lowest BCUT2D eigenvalue weighted by Crippen LogP contribution is -2.34. The number of hydrogen-bond acceptors (Lipinski definition) is 4. The lowest BCUT2D eigenvalue weighted by atomic mass is 10.0. The molecular weight excluding hydrogens is 288 g/mol. The van der Waals surface area contributed by atoms with Crippen molar-refractivity contribution < 1.29 is 13.2 Å². The van der Waals surface area contributed by atoms with Crippen molar-refractivity contribution in [1.82, 2.24) is 4.72 Å². The molecule has 2 saturated carbocycles. The third-order valence-corrected chi connectivity index (χ3v) is 5.77. The van der Waals surface area contributed by atoms with Crippen LogP contribution in [0.3, 0.4) is 0 Å². The molecule has 0 aliphatic heterocycles. The van der Waals surface area contributed by atoms with Gasteiger partial charge < -0.3 is 10.5 Å². The molecule has 0 aromatic heterocycles. The summed E-state index contributed by atoms with van der Waals surface area (Å²) in [5, 5.41) is 0. The van der Waals surface area contributed by atoms with E-state index in [9.17, 15) is 8.42 Å². The Bertz CT molecular complexity index is 590. The number of hydrogen-bond donors (Lipinski definition) is 2. The summed E-state index contributed by atoms with van der Waals surface area (Å²) < 4.78 is 32.1. The van der Waals surface area contributed by atoms with Gasteiger partial charge in [0.15, 0.2) is 0 Å². The molecule has 0 heterocycles. The molecule has 0 saturated heterocycles. The lowest BCUT2D eigenvalue weighted by Gasteiger charge is -2.15. The van der Waals surface area contributed by atoms with Gasteiger partial charge in [-0.1, -0.05) is 0 Å². The number of sulfonamides is 1. The van der Waals surface area contributed by atoms with Gasteiger partial charge in [-0.3, -0.25) is 0 Å². The molecule has 0 amide bonds. The topological polar surface area (TPSA) is 81.4 Å². The summed E-state index contributed by atoms with van der Waals surface area (Å²) in [5.41, 5.74) is 6.52. The highest BCUT2D eigenvalue weighted by Gasteiger charge is 2.53. The van der Waals surface area contributed by atoms with Gasteiger partial charge in [-0.05, 0) is 61.3 Å². The highest BCUT2D eigenvalue weighted by atomic mass is 32.2. The zero-order valence-electron chi connectivity index (χ0n) is 12.0. The van der Waals surface area contributed by atoms with Crippen molar-refractivity contribution in [3.63, 3.8) is 0 Å². The second kappa shape index (κ2) is 5.50. The van der Waals surface area contributed by atoms with E-state index in [2.05, 4.69) is 4.72 Å². The number of nitrogens with one attached hydrogen (secondary N) is 1. The summed E-state index contributed by atoms with van der Waals surface area (Å²) in [6.07, 6.45) is 4.87. The molecule has 116 valence electrons. The van der Waals surface area contributed by atoms with Crippen molar-refractivity contribution in [1.29, 1.82) is 0 Å². The Morgan fingerprint density at radius 3 is 2.48 bits per heavy atom. The molecule has 2 fully saturated rings. The van der Waals surface area contributed by atoms with Gasteiger partial charge >= 0.3 is 0 Å². The zero-order valence-corrected chi connectivity index (χ0v) is 12.9. The van der Waals surface area contributed by atoms with Crippen LogP contribution in [0.5, 0.6) is 5.75 Å². The van der Waals surface area contributed by atoms with Crippen LogP contribution in [0.25, 0.3) is 0 Å². The van der Waals surface area contributed by atoms with Crippen LogP contribution in [0.2, 0.25) is 0 Å². The quantitative estimate of drug-likeness (QED) is 0.717. The van der Waals surface area contributed by atoms with Gasteiger partial charge in [0.1, 0.15) is 12.4 Å². The average Bonchev–Trinajstić information content (AvgIpc) is 3.31. The minimum atomic E-state index is -3.26. The summed E-state index contributed by atoms with van der Waals surface area (Å²) in [5.74, 6) is 1.38. The largest absolute Gasteiger partial charge is 0.492 e. The van der Waals surface area contributed by atoms with Gasteiger partial charge in [-0.15, -0.1) is 0 Å². The van der Waals surface area contributed by atoms with Crippen molar-refractivity contribution in [2.45, 2.75) is 25.7 Å². The number of nitrogens with two attached hydrogens (primary N) is 1. The number of nitrogen functional groups attached to an aromatic ring is 1. The highest BCUT2D eigenvalue weighted by molar-refractivity contribution is 7.89. The van der Waals surface area contributed by atoms with Gasteiger partial charge in [-0.25, -0.2) is 13.1 Å². The summed E-state index contributed by atoms with van der Waals surface area (Å²) in [7, 11) is -3.26. The van der Waals surface area contributed by atoms with Crippen LogP contribution >= 0.6 is 0 Å². The monoisotopic (exact) mass is 310 g/mol. The SMILES string of the molecule is Nc1ccc(OCCS(=O)(=O)NCC2(C3CC3)CC2)cc1. The minimum Gasteiger partial charge on any atom is -0.492 e. The van der Waals surface area contributed by atoms with Crippen LogP contribution in [-0.4, -0.2) is 27.3 Å². The van der Waals surface area contributed by atoms with Crippen molar-refractivity contribution in [2.24, 2.45) is 11.3 Å². The highest BCUT2D eigenvalue weighted by Crippen LogP contribution is 2.60. The van der Waals surface area contributed by atoms with Gasteiger partial charge in [0, 0.05) is 12.2 Å². The molecule has 6 heteroatoms. The molecule has 0 radical (unpaired) electrons. The fourth-order valence-corrected chi connectivity index (χ4v) is 3.70. The fourth-order valence-electron chi connectivity index (χ4n) is 2.74. The molecular formula is C15H22N2O3S. The van der Waals surface area contributed by atoms with Crippen LogP contribution in [-0.2, 0) is 10.0 Å². The Morgan fingerprint density at radius 2 is 1.90 bits per heavy atom. The first-order chi connectivity index (χ1) is 9.99. The fraction of sp³-hybridized carbons (Fsp3) is 0.600. The molecule has 5 nitrogen and oxygen atoms in total. The Labute approximate surface area is 125 Å². The Kier molecular flexibility index (Phi) is 3.84. The van der Waals surface area contributed by atoms with Gasteiger partial charge in [0.05, 0.1) is 5.75 Å². The Balaban J connectivity index is 1.42. The molecule has 3 rings (SSSR count). The summed E-state index contributed by atoms with van der Waals surface area (Å²) in [6, 6.07) is 6.94. The molecule has 0 bridgehead atoms. The first-order valence-corrected chi connectivity index (χ1v) is 9.10. The molecule has 1 aromatic carbocycles. The normalized spacial score (nSPS) is 20.2. The van der Waals surface area contributed by atoms with Crippen molar-refractivity contribution in [2.75, 3.05) is 24.6 Å². The summed E-state index contributed by atoms with van der Waals surface area (Å²) in [6.45, 7) is 0.748. The van der Waals surface area contributed by atoms with E-state index in [1.165, 1.54) is 25.7 Å². The third-order valence-electron chi connectivity index (χ3n) is 4.48. The van der Waals surface area contributed by atoms with Crippen LogP contribution < -0.4 is 15.2 Å². The number of anilines is 1. The van der Waals surface area contributed by atoms with Crippen LogP contribution in [0.4, 0.5) is 5.69 Å². The van der Waals surface area contributed by atoms with E-state index in [1.54, 1.807) is 24.3 Å². The average molecular weight is 310 g/mol. The number of benzene rings is 1. The zero-order chi connectivity index (χ0) is 14.9. The van der Waals surface area contributed by atoms with E-state index >= 15 is 0 Å². The first-order valence-electron chi connectivity index (χ1n) is 7.45.